The number of hydrogen-bond acceptors (Lipinski definition) is 4. The van der Waals surface area contributed by atoms with Crippen molar-refractivity contribution in [1.82, 2.24) is 9.66 Å². The van der Waals surface area contributed by atoms with Crippen molar-refractivity contribution in [3.05, 3.63) is 87.0 Å². The summed E-state index contributed by atoms with van der Waals surface area (Å²) in [6, 6.07) is 13.0. The van der Waals surface area contributed by atoms with Gasteiger partial charge in [0.25, 0.3) is 11.5 Å². The number of carbonyl (C=O) groups excluding carboxylic acids is 1. The topological polar surface area (TPSA) is 64.0 Å². The van der Waals surface area contributed by atoms with Crippen molar-refractivity contribution in [2.75, 3.05) is 5.43 Å². The Balaban J connectivity index is 1.77. The number of hydrogen-bond donors (Lipinski definition) is 1. The third-order valence-corrected chi connectivity index (χ3v) is 5.10. The molecule has 0 aliphatic carbocycles. The average molecular weight is 400 g/mol. The van der Waals surface area contributed by atoms with E-state index in [1.807, 2.05) is 35.7 Å². The van der Waals surface area contributed by atoms with Gasteiger partial charge < -0.3 is 0 Å². The molecule has 0 saturated heterocycles. The molecule has 0 spiro atoms. The van der Waals surface area contributed by atoms with E-state index in [9.17, 15) is 14.0 Å². The van der Waals surface area contributed by atoms with E-state index < -0.39 is 17.3 Å². The van der Waals surface area contributed by atoms with Crippen LogP contribution in [0.15, 0.2) is 65.0 Å². The zero-order chi connectivity index (χ0) is 19.0. The lowest BCUT2D eigenvalue weighted by Crippen LogP contribution is -2.33. The quantitative estimate of drug-likeness (QED) is 0.558. The number of thiophene rings is 1. The van der Waals surface area contributed by atoms with Crippen molar-refractivity contribution in [2.24, 2.45) is 0 Å². The molecule has 0 atom stereocenters. The van der Waals surface area contributed by atoms with Crippen LogP contribution < -0.4 is 11.0 Å². The van der Waals surface area contributed by atoms with Crippen molar-refractivity contribution >= 4 is 39.1 Å². The van der Waals surface area contributed by atoms with Gasteiger partial charge in [-0.15, -0.1) is 11.3 Å². The second kappa shape index (κ2) is 6.94. The summed E-state index contributed by atoms with van der Waals surface area (Å²) < 4.78 is 14.8. The van der Waals surface area contributed by atoms with Crippen LogP contribution in [0.5, 0.6) is 0 Å². The molecule has 0 saturated carbocycles. The van der Waals surface area contributed by atoms with Gasteiger partial charge >= 0.3 is 0 Å². The maximum atomic E-state index is 13.9. The van der Waals surface area contributed by atoms with Gasteiger partial charge in [0.05, 0.1) is 10.9 Å². The van der Waals surface area contributed by atoms with Crippen LogP contribution in [0.4, 0.5) is 4.39 Å². The van der Waals surface area contributed by atoms with Gasteiger partial charge in [-0.1, -0.05) is 41.9 Å². The minimum atomic E-state index is -0.797. The summed E-state index contributed by atoms with van der Waals surface area (Å²) in [5, 5.41) is 2.45. The number of aromatic nitrogens is 2. The molecule has 5 nitrogen and oxygen atoms in total. The minimum absolute atomic E-state index is 0.215. The summed E-state index contributed by atoms with van der Waals surface area (Å²) in [5.41, 5.74) is 3.25. The molecular formula is C19H11ClFN3O2S. The van der Waals surface area contributed by atoms with Crippen LogP contribution in [0.2, 0.25) is 5.02 Å². The SMILES string of the molecule is O=C(Nn1cnc2scc(-c3ccccc3)c2c1=O)c1cc(Cl)ccc1F. The lowest BCUT2D eigenvalue weighted by molar-refractivity contribution is 0.100. The monoisotopic (exact) mass is 399 g/mol. The molecule has 0 bridgehead atoms. The fourth-order valence-electron chi connectivity index (χ4n) is 2.68. The Morgan fingerprint density at radius 3 is 2.74 bits per heavy atom. The molecular weight excluding hydrogens is 389 g/mol. The summed E-state index contributed by atoms with van der Waals surface area (Å²) in [6.07, 6.45) is 1.20. The van der Waals surface area contributed by atoms with Gasteiger partial charge in [0.2, 0.25) is 0 Å². The zero-order valence-corrected chi connectivity index (χ0v) is 15.2. The normalized spacial score (nSPS) is 10.9. The largest absolute Gasteiger partial charge is 0.281 e. The van der Waals surface area contributed by atoms with E-state index in [2.05, 4.69) is 10.4 Å². The molecule has 0 unspecified atom stereocenters. The highest BCUT2D eigenvalue weighted by Crippen LogP contribution is 2.30. The first-order chi connectivity index (χ1) is 13.0. The van der Waals surface area contributed by atoms with Gasteiger partial charge in [-0.05, 0) is 23.8 Å². The lowest BCUT2D eigenvalue weighted by atomic mass is 10.1. The first-order valence-electron chi connectivity index (χ1n) is 7.85. The predicted octanol–water partition coefficient (Wildman–Crippen LogP) is 4.30. The van der Waals surface area contributed by atoms with Crippen LogP contribution >= 0.6 is 22.9 Å². The molecule has 4 rings (SSSR count). The average Bonchev–Trinajstić information content (AvgIpc) is 3.11. The van der Waals surface area contributed by atoms with E-state index in [0.29, 0.717) is 10.2 Å². The van der Waals surface area contributed by atoms with Crippen molar-refractivity contribution in [1.29, 1.82) is 0 Å². The molecule has 2 aromatic carbocycles. The molecule has 8 heteroatoms. The molecule has 134 valence electrons. The zero-order valence-electron chi connectivity index (χ0n) is 13.6. The van der Waals surface area contributed by atoms with Crippen molar-refractivity contribution in [3.8, 4) is 11.1 Å². The summed E-state index contributed by atoms with van der Waals surface area (Å²) >= 11 is 7.16. The molecule has 1 N–H and O–H groups in total. The highest BCUT2D eigenvalue weighted by atomic mass is 35.5. The maximum Gasteiger partial charge on any atom is 0.281 e. The smallest absolute Gasteiger partial charge is 0.267 e. The number of halogens is 2. The van der Waals surface area contributed by atoms with Crippen LogP contribution in [-0.4, -0.2) is 15.6 Å². The first-order valence-corrected chi connectivity index (χ1v) is 9.11. The van der Waals surface area contributed by atoms with Gasteiger partial charge in [0.1, 0.15) is 17.0 Å². The molecule has 2 heterocycles. The molecule has 1 amide bonds. The Morgan fingerprint density at radius 1 is 1.19 bits per heavy atom. The van der Waals surface area contributed by atoms with E-state index in [0.717, 1.165) is 21.9 Å². The second-order valence-corrected chi connectivity index (χ2v) is 6.97. The molecule has 2 aromatic heterocycles. The number of carbonyl (C=O) groups is 1. The van der Waals surface area contributed by atoms with Crippen molar-refractivity contribution in [2.45, 2.75) is 0 Å². The number of rotatable bonds is 3. The molecule has 0 fully saturated rings. The predicted molar refractivity (Wildman–Crippen MR) is 104 cm³/mol. The van der Waals surface area contributed by atoms with Crippen molar-refractivity contribution in [3.63, 3.8) is 0 Å². The molecule has 0 radical (unpaired) electrons. The number of fused-ring (bicyclic) bond motifs is 1. The highest BCUT2D eigenvalue weighted by Gasteiger charge is 2.17. The third-order valence-electron chi connectivity index (χ3n) is 3.97. The van der Waals surface area contributed by atoms with Gasteiger partial charge in [-0.25, -0.2) is 14.1 Å². The molecule has 0 aliphatic rings. The van der Waals surface area contributed by atoms with Crippen LogP contribution in [0.3, 0.4) is 0 Å². The number of amides is 1. The Morgan fingerprint density at radius 2 is 1.96 bits per heavy atom. The van der Waals surface area contributed by atoms with Crippen LogP contribution in [0.1, 0.15) is 10.4 Å². The van der Waals surface area contributed by atoms with Gasteiger partial charge in [-0.2, -0.15) is 0 Å². The Bertz CT molecular complexity index is 1220. The second-order valence-electron chi connectivity index (χ2n) is 5.68. The summed E-state index contributed by atoms with van der Waals surface area (Å²) in [4.78, 5) is 30.0. The number of nitrogens with zero attached hydrogens (tertiary/aromatic N) is 2. The maximum absolute atomic E-state index is 13.9. The van der Waals surface area contributed by atoms with E-state index in [1.54, 1.807) is 0 Å². The Hall–Kier alpha value is -3.03. The molecule has 4 aromatic rings. The standard InChI is InChI=1S/C19H11ClFN3O2S/c20-12-6-7-15(21)13(8-12)17(25)23-24-10-22-18-16(19(24)26)14(9-27-18)11-4-2-1-3-5-11/h1-10H,(H,23,25). The first kappa shape index (κ1) is 17.4. The van der Waals surface area contributed by atoms with Gasteiger partial charge in [0, 0.05) is 16.0 Å². The van der Waals surface area contributed by atoms with Gasteiger partial charge in [0.15, 0.2) is 0 Å². The summed E-state index contributed by atoms with van der Waals surface area (Å²) in [6.45, 7) is 0. The Kier molecular flexibility index (Phi) is 4.47. The van der Waals surface area contributed by atoms with E-state index >= 15 is 0 Å². The summed E-state index contributed by atoms with van der Waals surface area (Å²) in [7, 11) is 0. The van der Waals surface area contributed by atoms with E-state index in [1.165, 1.54) is 29.8 Å². The van der Waals surface area contributed by atoms with E-state index in [4.69, 9.17) is 11.6 Å². The van der Waals surface area contributed by atoms with Crippen LogP contribution in [0.25, 0.3) is 21.3 Å². The number of nitrogens with one attached hydrogen (secondary N) is 1. The summed E-state index contributed by atoms with van der Waals surface area (Å²) in [5.74, 6) is -1.53. The Labute approximate surface area is 161 Å². The van der Waals surface area contributed by atoms with Crippen LogP contribution in [-0.2, 0) is 0 Å². The molecule has 27 heavy (non-hydrogen) atoms. The van der Waals surface area contributed by atoms with Gasteiger partial charge in [-0.3, -0.25) is 15.0 Å². The third kappa shape index (κ3) is 3.22. The lowest BCUT2D eigenvalue weighted by Gasteiger charge is -2.09. The number of benzene rings is 2. The minimum Gasteiger partial charge on any atom is -0.267 e. The van der Waals surface area contributed by atoms with Crippen LogP contribution in [0, 0.1) is 5.82 Å². The fourth-order valence-corrected chi connectivity index (χ4v) is 3.76. The molecule has 0 aliphatic heterocycles. The highest BCUT2D eigenvalue weighted by molar-refractivity contribution is 7.17. The van der Waals surface area contributed by atoms with E-state index in [-0.39, 0.29) is 10.6 Å². The van der Waals surface area contributed by atoms with Crippen molar-refractivity contribution < 1.29 is 9.18 Å². The fraction of sp³-hybridized carbons (Fsp3) is 0.